The van der Waals surface area contributed by atoms with Crippen molar-refractivity contribution in [3.8, 4) is 5.75 Å². The van der Waals surface area contributed by atoms with Gasteiger partial charge in [0.25, 0.3) is 0 Å². The Hall–Kier alpha value is -2.53. The highest BCUT2D eigenvalue weighted by atomic mass is 35.5. The van der Waals surface area contributed by atoms with Gasteiger partial charge >= 0.3 is 0 Å². The number of benzene rings is 2. The molecule has 0 aromatic heterocycles. The first-order chi connectivity index (χ1) is 11.9. The van der Waals surface area contributed by atoms with Crippen LogP contribution in [0.3, 0.4) is 0 Å². The van der Waals surface area contributed by atoms with E-state index in [-0.39, 0.29) is 11.8 Å². The van der Waals surface area contributed by atoms with Gasteiger partial charge in [-0.3, -0.25) is 9.59 Å². The smallest absolute Gasteiger partial charge is 0.224 e. The molecule has 2 rings (SSSR count). The second-order valence-corrected chi connectivity index (χ2v) is 6.14. The Morgan fingerprint density at radius 1 is 1.12 bits per heavy atom. The van der Waals surface area contributed by atoms with Crippen LogP contribution in [0.5, 0.6) is 5.75 Å². The number of aryl methyl sites for hydroxylation is 2. The zero-order valence-corrected chi connectivity index (χ0v) is 15.2. The van der Waals surface area contributed by atoms with Crippen LogP contribution in [-0.2, 0) is 16.0 Å². The van der Waals surface area contributed by atoms with Crippen molar-refractivity contribution >= 4 is 34.8 Å². The van der Waals surface area contributed by atoms with Crippen molar-refractivity contribution in [2.24, 2.45) is 0 Å². The number of anilines is 2. The van der Waals surface area contributed by atoms with E-state index >= 15 is 0 Å². The summed E-state index contributed by atoms with van der Waals surface area (Å²) in [5.41, 5.74) is 3.12. The Kier molecular flexibility index (Phi) is 6.42. The fourth-order valence-corrected chi connectivity index (χ4v) is 2.55. The fraction of sp³-hybridized carbons (Fsp3) is 0.263. The topological polar surface area (TPSA) is 67.4 Å². The summed E-state index contributed by atoms with van der Waals surface area (Å²) in [5, 5.41) is 6.20. The summed E-state index contributed by atoms with van der Waals surface area (Å²) in [5.74, 6) is 0.203. The minimum absolute atomic E-state index is 0.144. The lowest BCUT2D eigenvalue weighted by atomic mass is 10.1. The predicted octanol–water partition coefficient (Wildman–Crippen LogP) is 4.19. The van der Waals surface area contributed by atoms with Crippen molar-refractivity contribution in [3.05, 3.63) is 52.5 Å². The summed E-state index contributed by atoms with van der Waals surface area (Å²) < 4.78 is 5.25. The Balaban J connectivity index is 2.03. The summed E-state index contributed by atoms with van der Waals surface area (Å²) in [7, 11) is 1.53. The molecule has 0 saturated heterocycles. The van der Waals surface area contributed by atoms with Gasteiger partial charge in [0.15, 0.2) is 0 Å². The van der Waals surface area contributed by atoms with E-state index in [1.54, 1.807) is 18.2 Å². The first-order valence-corrected chi connectivity index (χ1v) is 8.27. The SMILES string of the molecule is COc1ccc(NC(C)=O)cc1NC(=O)CCc1ccc(C)c(Cl)c1. The monoisotopic (exact) mass is 360 g/mol. The number of carbonyl (C=O) groups excluding carboxylic acids is 2. The fourth-order valence-electron chi connectivity index (χ4n) is 2.35. The number of ether oxygens (including phenoxy) is 1. The second-order valence-electron chi connectivity index (χ2n) is 5.73. The Bertz CT molecular complexity index is 790. The van der Waals surface area contributed by atoms with E-state index in [9.17, 15) is 9.59 Å². The highest BCUT2D eigenvalue weighted by Gasteiger charge is 2.10. The Labute approximate surface area is 152 Å². The van der Waals surface area contributed by atoms with Crippen LogP contribution in [0.15, 0.2) is 36.4 Å². The molecule has 25 heavy (non-hydrogen) atoms. The van der Waals surface area contributed by atoms with Gasteiger partial charge in [-0.2, -0.15) is 0 Å². The van der Waals surface area contributed by atoms with E-state index in [1.807, 2.05) is 25.1 Å². The molecule has 0 atom stereocenters. The summed E-state index contributed by atoms with van der Waals surface area (Å²) in [6, 6.07) is 10.9. The molecule has 5 nitrogen and oxygen atoms in total. The number of amides is 2. The molecule has 0 aliphatic rings. The third-order valence-corrected chi connectivity index (χ3v) is 4.08. The average Bonchev–Trinajstić information content (AvgIpc) is 2.56. The molecule has 0 saturated carbocycles. The van der Waals surface area contributed by atoms with Crippen LogP contribution in [0.1, 0.15) is 24.5 Å². The Morgan fingerprint density at radius 2 is 1.88 bits per heavy atom. The summed E-state index contributed by atoms with van der Waals surface area (Å²) in [6.07, 6.45) is 0.895. The molecule has 2 N–H and O–H groups in total. The largest absolute Gasteiger partial charge is 0.495 e. The average molecular weight is 361 g/mol. The zero-order chi connectivity index (χ0) is 18.4. The van der Waals surface area contributed by atoms with Gasteiger partial charge in [-0.25, -0.2) is 0 Å². The molecule has 0 heterocycles. The Morgan fingerprint density at radius 3 is 2.52 bits per heavy atom. The van der Waals surface area contributed by atoms with Gasteiger partial charge < -0.3 is 15.4 Å². The molecule has 0 radical (unpaired) electrons. The third-order valence-electron chi connectivity index (χ3n) is 3.67. The van der Waals surface area contributed by atoms with Crippen LogP contribution in [-0.4, -0.2) is 18.9 Å². The first kappa shape index (κ1) is 18.8. The molecule has 0 spiro atoms. The van der Waals surface area contributed by atoms with Gasteiger partial charge in [-0.05, 0) is 48.7 Å². The van der Waals surface area contributed by atoms with E-state index in [1.165, 1.54) is 14.0 Å². The van der Waals surface area contributed by atoms with Crippen molar-refractivity contribution < 1.29 is 14.3 Å². The number of rotatable bonds is 6. The predicted molar refractivity (Wildman–Crippen MR) is 100 cm³/mol. The van der Waals surface area contributed by atoms with Crippen molar-refractivity contribution in [1.29, 1.82) is 0 Å². The lowest BCUT2D eigenvalue weighted by molar-refractivity contribution is -0.116. The minimum atomic E-state index is -0.182. The van der Waals surface area contributed by atoms with Crippen LogP contribution in [0.2, 0.25) is 5.02 Å². The lowest BCUT2D eigenvalue weighted by Gasteiger charge is -2.12. The molecular formula is C19H21ClN2O3. The first-order valence-electron chi connectivity index (χ1n) is 7.89. The number of carbonyl (C=O) groups is 2. The number of nitrogens with one attached hydrogen (secondary N) is 2. The normalized spacial score (nSPS) is 10.2. The molecule has 2 aromatic carbocycles. The van der Waals surface area contributed by atoms with Crippen molar-refractivity contribution in [3.63, 3.8) is 0 Å². The summed E-state index contributed by atoms with van der Waals surface area (Å²) in [6.45, 7) is 3.36. The molecular weight excluding hydrogens is 340 g/mol. The lowest BCUT2D eigenvalue weighted by Crippen LogP contribution is -2.14. The van der Waals surface area contributed by atoms with Crippen molar-refractivity contribution in [2.45, 2.75) is 26.7 Å². The van der Waals surface area contributed by atoms with Crippen LogP contribution in [0, 0.1) is 6.92 Å². The van der Waals surface area contributed by atoms with E-state index in [0.717, 1.165) is 11.1 Å². The van der Waals surface area contributed by atoms with E-state index in [0.29, 0.717) is 35.0 Å². The third kappa shape index (κ3) is 5.50. The molecule has 2 amide bonds. The quantitative estimate of drug-likeness (QED) is 0.811. The van der Waals surface area contributed by atoms with Gasteiger partial charge in [0, 0.05) is 24.1 Å². The molecule has 0 aliphatic heterocycles. The summed E-state index contributed by atoms with van der Waals surface area (Å²) in [4.78, 5) is 23.4. The van der Waals surface area contributed by atoms with Gasteiger partial charge in [-0.15, -0.1) is 0 Å². The van der Waals surface area contributed by atoms with Gasteiger partial charge in [0.1, 0.15) is 5.75 Å². The van der Waals surface area contributed by atoms with Gasteiger partial charge in [-0.1, -0.05) is 23.7 Å². The number of hydrogen-bond donors (Lipinski definition) is 2. The van der Waals surface area contributed by atoms with Crippen LogP contribution in [0.25, 0.3) is 0 Å². The van der Waals surface area contributed by atoms with Crippen LogP contribution >= 0.6 is 11.6 Å². The van der Waals surface area contributed by atoms with E-state index < -0.39 is 0 Å². The molecule has 0 unspecified atom stereocenters. The number of hydrogen-bond acceptors (Lipinski definition) is 3. The van der Waals surface area contributed by atoms with Crippen LogP contribution in [0.4, 0.5) is 11.4 Å². The number of methoxy groups -OCH3 is 1. The van der Waals surface area contributed by atoms with E-state index in [4.69, 9.17) is 16.3 Å². The summed E-state index contributed by atoms with van der Waals surface area (Å²) >= 11 is 6.11. The minimum Gasteiger partial charge on any atom is -0.495 e. The maximum absolute atomic E-state index is 12.3. The highest BCUT2D eigenvalue weighted by Crippen LogP contribution is 2.28. The second kappa shape index (κ2) is 8.53. The molecule has 0 bridgehead atoms. The van der Waals surface area contributed by atoms with Crippen LogP contribution < -0.4 is 15.4 Å². The molecule has 0 aliphatic carbocycles. The van der Waals surface area contributed by atoms with E-state index in [2.05, 4.69) is 10.6 Å². The van der Waals surface area contributed by atoms with Gasteiger partial charge in [0.05, 0.1) is 12.8 Å². The highest BCUT2D eigenvalue weighted by molar-refractivity contribution is 6.31. The maximum atomic E-state index is 12.3. The van der Waals surface area contributed by atoms with Gasteiger partial charge in [0.2, 0.25) is 11.8 Å². The maximum Gasteiger partial charge on any atom is 0.224 e. The molecule has 6 heteroatoms. The molecule has 2 aromatic rings. The zero-order valence-electron chi connectivity index (χ0n) is 14.5. The standard InChI is InChI=1S/C19H21ClN2O3/c1-12-4-5-14(10-16(12)20)6-9-19(24)22-17-11-15(21-13(2)23)7-8-18(17)25-3/h4-5,7-8,10-11H,6,9H2,1-3H3,(H,21,23)(H,22,24). The molecule has 0 fully saturated rings. The molecule has 132 valence electrons. The van der Waals surface area contributed by atoms with Crippen molar-refractivity contribution in [2.75, 3.05) is 17.7 Å². The number of halogens is 1. The van der Waals surface area contributed by atoms with Crippen molar-refractivity contribution in [1.82, 2.24) is 0 Å².